The second kappa shape index (κ2) is 8.05. The van der Waals surface area contributed by atoms with E-state index in [4.69, 9.17) is 14.3 Å². The number of methoxy groups -OCH3 is 1. The van der Waals surface area contributed by atoms with E-state index in [0.717, 1.165) is 29.9 Å². The summed E-state index contributed by atoms with van der Waals surface area (Å²) in [4.78, 5) is 25.2. The number of carboxylic acid groups (broad SMARTS) is 1. The highest BCUT2D eigenvalue weighted by atomic mass is 16.5. The number of hydrogen-bond acceptors (Lipinski definition) is 4. The van der Waals surface area contributed by atoms with Gasteiger partial charge >= 0.3 is 12.0 Å². The number of ether oxygens (including phenoxy) is 1. The Labute approximate surface area is 151 Å². The number of benzene rings is 1. The van der Waals surface area contributed by atoms with Crippen LogP contribution < -0.4 is 5.32 Å². The number of carbonyl (C=O) groups is 2. The maximum Gasteiger partial charge on any atom is 0.335 e. The number of carboxylic acids is 1. The van der Waals surface area contributed by atoms with Crippen LogP contribution >= 0.6 is 0 Å². The number of nitrogens with zero attached hydrogens (tertiary/aromatic N) is 1. The van der Waals surface area contributed by atoms with E-state index in [-0.39, 0.29) is 17.6 Å². The number of likely N-dealkylation sites (tertiary alicyclic amines) is 1. The largest absolute Gasteiger partial charge is 0.478 e. The van der Waals surface area contributed by atoms with Gasteiger partial charge in [-0.05, 0) is 42.7 Å². The second-order valence-corrected chi connectivity index (χ2v) is 6.25. The Morgan fingerprint density at radius 2 is 2.04 bits per heavy atom. The van der Waals surface area contributed by atoms with Crippen LogP contribution in [0.15, 0.2) is 40.8 Å². The third-order valence-corrected chi connectivity index (χ3v) is 4.46. The van der Waals surface area contributed by atoms with E-state index in [9.17, 15) is 9.59 Å². The van der Waals surface area contributed by atoms with E-state index >= 15 is 0 Å². The van der Waals surface area contributed by atoms with Crippen LogP contribution in [0, 0.1) is 0 Å². The van der Waals surface area contributed by atoms with Gasteiger partial charge in [-0.2, -0.15) is 0 Å². The zero-order chi connectivity index (χ0) is 18.5. The van der Waals surface area contributed by atoms with Crippen molar-refractivity contribution in [2.24, 2.45) is 0 Å². The molecule has 3 rings (SSSR count). The van der Waals surface area contributed by atoms with Gasteiger partial charge in [-0.3, -0.25) is 0 Å². The normalized spacial score (nSPS) is 16.7. The molecule has 0 radical (unpaired) electrons. The molecule has 2 aromatic rings. The highest BCUT2D eigenvalue weighted by Gasteiger charge is 2.32. The van der Waals surface area contributed by atoms with Gasteiger partial charge in [0.15, 0.2) is 0 Å². The molecule has 0 spiro atoms. The number of carbonyl (C=O) groups excluding carboxylic acids is 1. The van der Waals surface area contributed by atoms with E-state index in [1.165, 1.54) is 12.1 Å². The van der Waals surface area contributed by atoms with Gasteiger partial charge in [0.05, 0.1) is 11.6 Å². The Morgan fingerprint density at radius 1 is 1.27 bits per heavy atom. The minimum absolute atomic E-state index is 0.0741. The number of aromatic carboxylic acids is 1. The van der Waals surface area contributed by atoms with Gasteiger partial charge in [0.2, 0.25) is 0 Å². The SMILES string of the molecule is COCc1ccc(C2CCCN2C(=O)NCc2ccc(C(=O)O)cc2)o1. The molecular weight excluding hydrogens is 336 g/mol. The van der Waals surface area contributed by atoms with Crippen LogP contribution in [0.5, 0.6) is 0 Å². The van der Waals surface area contributed by atoms with Crippen LogP contribution in [-0.2, 0) is 17.9 Å². The first-order valence-corrected chi connectivity index (χ1v) is 8.52. The molecule has 1 aliphatic rings. The summed E-state index contributed by atoms with van der Waals surface area (Å²) in [5, 5.41) is 11.8. The van der Waals surface area contributed by atoms with E-state index in [2.05, 4.69) is 5.32 Å². The van der Waals surface area contributed by atoms with Crippen molar-refractivity contribution in [3.8, 4) is 0 Å². The lowest BCUT2D eigenvalue weighted by molar-refractivity contribution is 0.0697. The Balaban J connectivity index is 1.60. The van der Waals surface area contributed by atoms with Crippen molar-refractivity contribution < 1.29 is 23.8 Å². The van der Waals surface area contributed by atoms with Gasteiger partial charge in [-0.25, -0.2) is 9.59 Å². The molecule has 1 aromatic carbocycles. The molecular formula is C19H22N2O5. The summed E-state index contributed by atoms with van der Waals surface area (Å²) in [6.45, 7) is 1.43. The monoisotopic (exact) mass is 358 g/mol. The summed E-state index contributed by atoms with van der Waals surface area (Å²) < 4.78 is 10.8. The molecule has 2 amide bonds. The zero-order valence-electron chi connectivity index (χ0n) is 14.6. The Hall–Kier alpha value is -2.80. The molecule has 2 N–H and O–H groups in total. The van der Waals surface area contributed by atoms with E-state index in [1.807, 2.05) is 12.1 Å². The average molecular weight is 358 g/mol. The van der Waals surface area contributed by atoms with Crippen molar-refractivity contribution in [2.45, 2.75) is 32.0 Å². The van der Waals surface area contributed by atoms with Crippen LogP contribution in [-0.4, -0.2) is 35.7 Å². The van der Waals surface area contributed by atoms with Crippen molar-refractivity contribution in [1.29, 1.82) is 0 Å². The average Bonchev–Trinajstić information content (AvgIpc) is 3.29. The Morgan fingerprint density at radius 3 is 2.73 bits per heavy atom. The molecule has 1 atom stereocenters. The maximum absolute atomic E-state index is 12.6. The molecule has 0 bridgehead atoms. The van der Waals surface area contributed by atoms with Gasteiger partial charge in [0, 0.05) is 20.2 Å². The van der Waals surface area contributed by atoms with Crippen LogP contribution in [0.4, 0.5) is 4.79 Å². The van der Waals surface area contributed by atoms with Gasteiger partial charge in [0.1, 0.15) is 18.1 Å². The van der Waals surface area contributed by atoms with Crippen LogP contribution in [0.25, 0.3) is 0 Å². The van der Waals surface area contributed by atoms with Crippen molar-refractivity contribution in [2.75, 3.05) is 13.7 Å². The molecule has 1 fully saturated rings. The summed E-state index contributed by atoms with van der Waals surface area (Å²) in [6.07, 6.45) is 1.78. The van der Waals surface area contributed by atoms with E-state index in [1.54, 1.807) is 24.1 Å². The molecule has 1 unspecified atom stereocenters. The molecule has 7 nitrogen and oxygen atoms in total. The molecule has 7 heteroatoms. The molecule has 0 aliphatic carbocycles. The minimum atomic E-state index is -0.966. The van der Waals surface area contributed by atoms with Crippen LogP contribution in [0.3, 0.4) is 0 Å². The first-order valence-electron chi connectivity index (χ1n) is 8.52. The molecule has 26 heavy (non-hydrogen) atoms. The molecule has 1 aliphatic heterocycles. The lowest BCUT2D eigenvalue weighted by atomic mass is 10.1. The summed E-state index contributed by atoms with van der Waals surface area (Å²) in [7, 11) is 1.61. The number of urea groups is 1. The quantitative estimate of drug-likeness (QED) is 0.827. The zero-order valence-corrected chi connectivity index (χ0v) is 14.6. The van der Waals surface area contributed by atoms with Crippen molar-refractivity contribution >= 4 is 12.0 Å². The molecule has 1 saturated heterocycles. The second-order valence-electron chi connectivity index (χ2n) is 6.25. The lowest BCUT2D eigenvalue weighted by Crippen LogP contribution is -2.39. The molecule has 0 saturated carbocycles. The summed E-state index contributed by atoms with van der Waals surface area (Å²) >= 11 is 0. The topological polar surface area (TPSA) is 92.0 Å². The van der Waals surface area contributed by atoms with Gasteiger partial charge in [0.25, 0.3) is 0 Å². The molecule has 138 valence electrons. The number of hydrogen-bond donors (Lipinski definition) is 2. The fourth-order valence-corrected chi connectivity index (χ4v) is 3.14. The minimum Gasteiger partial charge on any atom is -0.478 e. The predicted molar refractivity (Wildman–Crippen MR) is 93.7 cm³/mol. The summed E-state index contributed by atoms with van der Waals surface area (Å²) in [5.41, 5.74) is 1.07. The first-order chi connectivity index (χ1) is 12.6. The van der Waals surface area contributed by atoms with Crippen LogP contribution in [0.2, 0.25) is 0 Å². The number of rotatable bonds is 6. The number of nitrogens with one attached hydrogen (secondary N) is 1. The number of furan rings is 1. The highest BCUT2D eigenvalue weighted by molar-refractivity contribution is 5.87. The molecule has 2 heterocycles. The molecule has 1 aromatic heterocycles. The summed E-state index contributed by atoms with van der Waals surface area (Å²) in [5.74, 6) is 0.551. The van der Waals surface area contributed by atoms with Crippen molar-refractivity contribution in [3.63, 3.8) is 0 Å². The maximum atomic E-state index is 12.6. The van der Waals surface area contributed by atoms with E-state index in [0.29, 0.717) is 19.7 Å². The smallest absolute Gasteiger partial charge is 0.335 e. The van der Waals surface area contributed by atoms with Crippen LogP contribution in [0.1, 0.15) is 46.3 Å². The fraction of sp³-hybridized carbons (Fsp3) is 0.368. The van der Waals surface area contributed by atoms with E-state index < -0.39 is 5.97 Å². The lowest BCUT2D eigenvalue weighted by Gasteiger charge is -2.23. The first kappa shape index (κ1) is 18.0. The third-order valence-electron chi connectivity index (χ3n) is 4.46. The predicted octanol–water partition coefficient (Wildman–Crippen LogP) is 3.17. The van der Waals surface area contributed by atoms with Gasteiger partial charge in [-0.1, -0.05) is 12.1 Å². The number of amides is 2. The van der Waals surface area contributed by atoms with Gasteiger partial charge in [-0.15, -0.1) is 0 Å². The standard InChI is InChI=1S/C19H22N2O5/c1-25-12-15-8-9-17(26-15)16-3-2-10-21(16)19(24)20-11-13-4-6-14(7-5-13)18(22)23/h4-9,16H,2-3,10-12H2,1H3,(H,20,24)(H,22,23). The Kier molecular flexibility index (Phi) is 5.58. The van der Waals surface area contributed by atoms with Crippen molar-refractivity contribution in [1.82, 2.24) is 10.2 Å². The highest BCUT2D eigenvalue weighted by Crippen LogP contribution is 2.33. The van der Waals surface area contributed by atoms with Gasteiger partial charge < -0.3 is 24.5 Å². The van der Waals surface area contributed by atoms with Crippen molar-refractivity contribution in [3.05, 3.63) is 59.0 Å². The Bertz CT molecular complexity index is 768. The third kappa shape index (κ3) is 4.05. The fourth-order valence-electron chi connectivity index (χ4n) is 3.14. The summed E-state index contributed by atoms with van der Waals surface area (Å²) in [6, 6.07) is 10.0.